The molecule has 0 fully saturated rings. The van der Waals surface area contributed by atoms with Crippen molar-refractivity contribution in [2.75, 3.05) is 21.2 Å². The number of methoxy groups -OCH3 is 1. The van der Waals surface area contributed by atoms with Crippen LogP contribution in [0.25, 0.3) is 11.0 Å². The van der Waals surface area contributed by atoms with Gasteiger partial charge in [0.15, 0.2) is 11.6 Å². The third-order valence-electron chi connectivity index (χ3n) is 6.95. The van der Waals surface area contributed by atoms with Crippen LogP contribution in [-0.4, -0.2) is 69.4 Å². The Balaban J connectivity index is 1.88. The van der Waals surface area contributed by atoms with Gasteiger partial charge in [-0.25, -0.2) is 14.2 Å². The van der Waals surface area contributed by atoms with Gasteiger partial charge in [-0.2, -0.15) is 0 Å². The molecule has 3 aromatic heterocycles. The lowest BCUT2D eigenvalue weighted by molar-refractivity contribution is -0.123. The van der Waals surface area contributed by atoms with Crippen LogP contribution in [-0.2, 0) is 33.7 Å². The second-order valence-corrected chi connectivity index (χ2v) is 10.9. The van der Waals surface area contributed by atoms with E-state index in [-0.39, 0.29) is 47.7 Å². The molecule has 0 saturated carbocycles. The van der Waals surface area contributed by atoms with Crippen LogP contribution in [0.15, 0.2) is 29.2 Å². The van der Waals surface area contributed by atoms with Crippen molar-refractivity contribution in [3.63, 3.8) is 0 Å². The second kappa shape index (κ2) is 14.0. The van der Waals surface area contributed by atoms with E-state index in [2.05, 4.69) is 25.0 Å². The lowest BCUT2D eigenvalue weighted by atomic mass is 9.99. The third kappa shape index (κ3) is 7.89. The summed E-state index contributed by atoms with van der Waals surface area (Å²) in [6, 6.07) is 0.733. The van der Waals surface area contributed by atoms with Gasteiger partial charge in [0, 0.05) is 31.8 Å². The Morgan fingerprint density at radius 3 is 2.60 bits per heavy atom. The number of fused-ring (bicyclic) bond motifs is 1. The predicted molar refractivity (Wildman–Crippen MR) is 157 cm³/mol. The molecule has 3 heterocycles. The van der Waals surface area contributed by atoms with Crippen molar-refractivity contribution < 1.29 is 23.5 Å². The molecule has 0 aliphatic rings. The molecule has 2 amide bonds. The molecule has 12 heteroatoms. The quantitative estimate of drug-likeness (QED) is 0.312. The molecule has 0 radical (unpaired) electrons. The Morgan fingerprint density at radius 2 is 1.95 bits per heavy atom. The Kier molecular flexibility index (Phi) is 10.7. The molecule has 0 saturated heterocycles. The van der Waals surface area contributed by atoms with Crippen LogP contribution >= 0.6 is 0 Å². The normalized spacial score (nSPS) is 12.2. The topological polar surface area (TPSA) is 139 Å². The van der Waals surface area contributed by atoms with E-state index in [1.165, 1.54) is 22.7 Å². The first-order valence-corrected chi connectivity index (χ1v) is 13.8. The first kappa shape index (κ1) is 32.2. The molecule has 3 aromatic rings. The summed E-state index contributed by atoms with van der Waals surface area (Å²) in [6.45, 7) is 7.75. The molecule has 1 atom stereocenters. The van der Waals surface area contributed by atoms with Crippen molar-refractivity contribution in [2.45, 2.75) is 66.0 Å². The van der Waals surface area contributed by atoms with Crippen LogP contribution in [0.4, 0.5) is 9.18 Å². The van der Waals surface area contributed by atoms with Crippen LogP contribution in [0.3, 0.4) is 0 Å². The standard InChI is InChI=1S/C30H39FN6O5/c1-17(2)12-23-28-27(21(31)15-32-23)34-25(35-28)16-37-19(4)18(3)13-20(29(37)40)14-24(38)22(33-30(41)42-7)10-8-9-11-26(39)36(5)6/h9,11,13,15,17,22H,8,10,12,14,16H2,1-7H3,(H,33,41)(H,34,35)/b11-9+/t22-/m0/s1. The fourth-order valence-corrected chi connectivity index (χ4v) is 4.54. The van der Waals surface area contributed by atoms with Gasteiger partial charge in [-0.3, -0.25) is 19.4 Å². The van der Waals surface area contributed by atoms with Gasteiger partial charge in [-0.15, -0.1) is 0 Å². The number of likely N-dealkylation sites (N-methyl/N-ethyl adjacent to an activating group) is 1. The molecule has 2 N–H and O–H groups in total. The number of ether oxygens (including phenoxy) is 1. The number of hydrogen-bond acceptors (Lipinski definition) is 7. The lowest BCUT2D eigenvalue weighted by Crippen LogP contribution is -2.42. The zero-order chi connectivity index (χ0) is 31.1. The second-order valence-electron chi connectivity index (χ2n) is 10.9. The smallest absolute Gasteiger partial charge is 0.407 e. The number of ketones is 1. The number of rotatable bonds is 12. The minimum atomic E-state index is -0.934. The van der Waals surface area contributed by atoms with Crippen LogP contribution in [0.5, 0.6) is 0 Å². The number of amides is 2. The number of allylic oxidation sites excluding steroid dienone is 1. The summed E-state index contributed by atoms with van der Waals surface area (Å²) in [5.41, 5.74) is 2.70. The summed E-state index contributed by atoms with van der Waals surface area (Å²) in [6.07, 6.45) is 4.36. The van der Waals surface area contributed by atoms with Gasteiger partial charge >= 0.3 is 6.09 Å². The van der Waals surface area contributed by atoms with Gasteiger partial charge < -0.3 is 24.5 Å². The Morgan fingerprint density at radius 1 is 1.24 bits per heavy atom. The number of carbonyl (C=O) groups is 3. The first-order valence-electron chi connectivity index (χ1n) is 13.8. The number of pyridine rings is 2. The molecular formula is C30H39FN6O5. The predicted octanol–water partition coefficient (Wildman–Crippen LogP) is 3.38. The third-order valence-corrected chi connectivity index (χ3v) is 6.95. The number of Topliss-reactive ketones (excluding diaryl/α,β-unsaturated/α-hetero) is 1. The number of aromatic amines is 1. The van der Waals surface area contributed by atoms with Gasteiger partial charge in [0.25, 0.3) is 5.56 Å². The van der Waals surface area contributed by atoms with Gasteiger partial charge in [0.1, 0.15) is 11.3 Å². The largest absolute Gasteiger partial charge is 0.453 e. The fourth-order valence-electron chi connectivity index (χ4n) is 4.54. The van der Waals surface area contributed by atoms with Gasteiger partial charge in [0.05, 0.1) is 37.1 Å². The highest BCUT2D eigenvalue weighted by atomic mass is 19.1. The van der Waals surface area contributed by atoms with E-state index in [0.29, 0.717) is 41.5 Å². The number of carbonyl (C=O) groups excluding carboxylic acids is 3. The maximum atomic E-state index is 14.6. The monoisotopic (exact) mass is 582 g/mol. The number of nitrogens with zero attached hydrogens (tertiary/aromatic N) is 4. The Bertz CT molecular complexity index is 1560. The zero-order valence-corrected chi connectivity index (χ0v) is 25.2. The number of alkyl carbamates (subject to hydrolysis) is 1. The lowest BCUT2D eigenvalue weighted by Gasteiger charge is -2.18. The van der Waals surface area contributed by atoms with E-state index in [1.807, 2.05) is 20.8 Å². The molecular weight excluding hydrogens is 543 g/mol. The van der Waals surface area contributed by atoms with Crippen molar-refractivity contribution in [3.05, 3.63) is 68.9 Å². The molecule has 3 rings (SSSR count). The van der Waals surface area contributed by atoms with Crippen molar-refractivity contribution >= 4 is 28.8 Å². The van der Waals surface area contributed by atoms with Gasteiger partial charge in [-0.1, -0.05) is 19.9 Å². The molecule has 0 aromatic carbocycles. The molecule has 0 aliphatic carbocycles. The molecule has 0 bridgehead atoms. The van der Waals surface area contributed by atoms with E-state index in [0.717, 1.165) is 11.8 Å². The number of halogens is 1. The number of aryl methyl sites for hydroxylation is 1. The molecule has 0 unspecified atom stereocenters. The number of nitrogens with one attached hydrogen (secondary N) is 2. The minimum Gasteiger partial charge on any atom is -0.453 e. The summed E-state index contributed by atoms with van der Waals surface area (Å²) >= 11 is 0. The van der Waals surface area contributed by atoms with E-state index in [4.69, 9.17) is 0 Å². The summed E-state index contributed by atoms with van der Waals surface area (Å²) in [7, 11) is 4.45. The van der Waals surface area contributed by atoms with Gasteiger partial charge in [-0.05, 0) is 56.7 Å². The van der Waals surface area contributed by atoms with Crippen molar-refractivity contribution in [3.8, 4) is 0 Å². The highest BCUT2D eigenvalue weighted by Crippen LogP contribution is 2.21. The van der Waals surface area contributed by atoms with E-state index in [9.17, 15) is 23.6 Å². The highest BCUT2D eigenvalue weighted by Gasteiger charge is 2.23. The van der Waals surface area contributed by atoms with Crippen LogP contribution in [0.2, 0.25) is 0 Å². The van der Waals surface area contributed by atoms with Crippen molar-refractivity contribution in [1.29, 1.82) is 0 Å². The zero-order valence-electron chi connectivity index (χ0n) is 25.2. The van der Waals surface area contributed by atoms with Gasteiger partial charge in [0.2, 0.25) is 5.91 Å². The molecule has 0 spiro atoms. The summed E-state index contributed by atoms with van der Waals surface area (Å²) in [5.74, 6) is -0.443. The van der Waals surface area contributed by atoms with Crippen LogP contribution in [0, 0.1) is 25.6 Å². The SMILES string of the molecule is COC(=O)N[C@@H](CC/C=C/C(=O)N(C)C)C(=O)Cc1cc(C)c(C)n(Cc2nc3c(F)cnc(CC(C)C)c3[nH]2)c1=O. The molecule has 0 aliphatic heterocycles. The average molecular weight is 583 g/mol. The average Bonchev–Trinajstić information content (AvgIpc) is 3.37. The maximum absolute atomic E-state index is 14.6. The minimum absolute atomic E-state index is 0.0390. The van der Waals surface area contributed by atoms with Crippen molar-refractivity contribution in [1.82, 2.24) is 29.7 Å². The summed E-state index contributed by atoms with van der Waals surface area (Å²) in [5, 5.41) is 2.53. The van der Waals surface area contributed by atoms with E-state index in [1.54, 1.807) is 33.2 Å². The Hall–Kier alpha value is -4.35. The number of imidazole rings is 1. The Labute approximate surface area is 244 Å². The number of hydrogen-bond donors (Lipinski definition) is 2. The van der Waals surface area contributed by atoms with Crippen LogP contribution in [0.1, 0.15) is 55.0 Å². The molecule has 42 heavy (non-hydrogen) atoms. The molecule has 226 valence electrons. The maximum Gasteiger partial charge on any atom is 0.407 e. The van der Waals surface area contributed by atoms with Crippen LogP contribution < -0.4 is 10.9 Å². The number of H-pyrrole nitrogens is 1. The van der Waals surface area contributed by atoms with E-state index >= 15 is 0 Å². The fraction of sp³-hybridized carbons (Fsp3) is 0.467. The first-order chi connectivity index (χ1) is 19.8. The number of aromatic nitrogens is 4. The summed E-state index contributed by atoms with van der Waals surface area (Å²) in [4.78, 5) is 63.9. The van der Waals surface area contributed by atoms with Crippen molar-refractivity contribution in [2.24, 2.45) is 5.92 Å². The highest BCUT2D eigenvalue weighted by molar-refractivity contribution is 5.89. The summed E-state index contributed by atoms with van der Waals surface area (Å²) < 4.78 is 20.7. The van der Waals surface area contributed by atoms with E-state index < -0.39 is 18.0 Å². The molecule has 11 nitrogen and oxygen atoms in total.